The molecule has 28 heavy (non-hydrogen) atoms. The summed E-state index contributed by atoms with van der Waals surface area (Å²) < 4.78 is 38.4. The number of alkyl halides is 4. The number of nitrogens with one attached hydrogen (secondary N) is 2. The van der Waals surface area contributed by atoms with Crippen LogP contribution in [0.25, 0.3) is 0 Å². The van der Waals surface area contributed by atoms with E-state index in [1.54, 1.807) is 9.34 Å². The molecule has 0 saturated carbocycles. The van der Waals surface area contributed by atoms with Crippen LogP contribution in [0.2, 0.25) is 0 Å². The molecule has 14 heteroatoms. The molecule has 2 aliphatic heterocycles. The van der Waals surface area contributed by atoms with Crippen LogP contribution in [0.1, 0.15) is 12.8 Å². The molecule has 2 N–H and O–H groups in total. The van der Waals surface area contributed by atoms with Crippen LogP contribution in [0, 0.1) is 0 Å². The first kappa shape index (κ1) is 27.4. The van der Waals surface area contributed by atoms with Crippen LogP contribution in [0.15, 0.2) is 0 Å². The smallest absolute Gasteiger partial charge is 0.306 e. The Hall–Kier alpha value is 1.38. The van der Waals surface area contributed by atoms with Crippen LogP contribution in [0.4, 0.5) is 0 Å². The molecule has 0 aliphatic carbocycles. The molecule has 2 rings (SSSR count). The Labute approximate surface area is 188 Å². The Balaban J connectivity index is 0.000000280. The summed E-state index contributed by atoms with van der Waals surface area (Å²) in [5.74, 6) is 1.72. The first-order chi connectivity index (χ1) is 13.5. The summed E-state index contributed by atoms with van der Waals surface area (Å²) >= 11 is 22.4. The number of nitrogens with zero attached hydrogens (tertiary/aromatic N) is 2. The molecule has 2 atom stereocenters. The van der Waals surface area contributed by atoms with Crippen molar-refractivity contribution >= 4 is 61.7 Å². The van der Waals surface area contributed by atoms with Gasteiger partial charge in [-0.05, 0) is 12.8 Å². The predicted molar refractivity (Wildman–Crippen MR) is 118 cm³/mol. The van der Waals surface area contributed by atoms with Crippen LogP contribution in [0.3, 0.4) is 0 Å². The van der Waals surface area contributed by atoms with Crippen molar-refractivity contribution in [2.45, 2.75) is 12.8 Å². The molecule has 0 bridgehead atoms. The van der Waals surface area contributed by atoms with Gasteiger partial charge in [-0.2, -0.15) is 0 Å². The van der Waals surface area contributed by atoms with E-state index in [0.29, 0.717) is 62.9 Å². The average Bonchev–Trinajstić information content (AvgIpc) is 2.69. The molecule has 168 valence electrons. The Morgan fingerprint density at radius 2 is 1.64 bits per heavy atom. The average molecular weight is 522 g/mol. The molecule has 8 nitrogen and oxygen atoms in total. The van der Waals surface area contributed by atoms with Crippen molar-refractivity contribution in [1.82, 2.24) is 19.5 Å². The summed E-state index contributed by atoms with van der Waals surface area (Å²) in [6.07, 6.45) is 1.78. The van der Waals surface area contributed by atoms with Gasteiger partial charge >= 0.3 is 15.3 Å². The monoisotopic (exact) mass is 520 g/mol. The van der Waals surface area contributed by atoms with Gasteiger partial charge in [-0.15, -0.1) is 46.4 Å². The molecule has 2 aliphatic rings. The van der Waals surface area contributed by atoms with Gasteiger partial charge in [-0.3, -0.25) is 9.13 Å². The number of halogens is 4. The van der Waals surface area contributed by atoms with Crippen molar-refractivity contribution in [2.24, 2.45) is 0 Å². The fourth-order valence-corrected chi connectivity index (χ4v) is 7.78. The van der Waals surface area contributed by atoms with Crippen molar-refractivity contribution in [3.8, 4) is 0 Å². The zero-order valence-electron chi connectivity index (χ0n) is 15.8. The standard InChI is InChI=1S/2C7H15Cl2N2O2P/c8-2-4-10-14(12)11(6-3-9)5-1-7-13-14;8-2-5-11(6-3-9)14(12)10-4-1-7-13-14/h2*1-7H2,(H,10,12). The third-order valence-corrected chi connectivity index (χ3v) is 9.20. The summed E-state index contributed by atoms with van der Waals surface area (Å²) in [4.78, 5) is 0. The van der Waals surface area contributed by atoms with E-state index >= 15 is 0 Å². The van der Waals surface area contributed by atoms with Gasteiger partial charge in [0, 0.05) is 62.8 Å². The molecule has 0 spiro atoms. The van der Waals surface area contributed by atoms with Gasteiger partial charge in [0.25, 0.3) is 0 Å². The molecule has 0 aromatic heterocycles. The van der Waals surface area contributed by atoms with Gasteiger partial charge in [0.1, 0.15) is 0 Å². The second-order valence-electron chi connectivity index (χ2n) is 5.89. The van der Waals surface area contributed by atoms with E-state index in [1.807, 2.05) is 0 Å². The largest absolute Gasteiger partial charge is 0.343 e. The lowest BCUT2D eigenvalue weighted by molar-refractivity contribution is 0.203. The maximum Gasteiger partial charge on any atom is 0.343 e. The summed E-state index contributed by atoms with van der Waals surface area (Å²) in [6.45, 7) is 4.66. The number of hydrogen-bond donors (Lipinski definition) is 2. The summed E-state index contributed by atoms with van der Waals surface area (Å²) in [5, 5.41) is 5.76. The maximum absolute atomic E-state index is 12.2. The highest BCUT2D eigenvalue weighted by Gasteiger charge is 2.34. The van der Waals surface area contributed by atoms with Gasteiger partial charge in [-0.25, -0.2) is 19.5 Å². The van der Waals surface area contributed by atoms with Gasteiger partial charge in [0.15, 0.2) is 0 Å². The van der Waals surface area contributed by atoms with Crippen LogP contribution in [-0.2, 0) is 18.2 Å². The summed E-state index contributed by atoms with van der Waals surface area (Å²) in [6, 6.07) is 0. The Kier molecular flexibility index (Phi) is 14.9. The van der Waals surface area contributed by atoms with Crippen LogP contribution >= 0.6 is 61.7 Å². The summed E-state index contributed by atoms with van der Waals surface area (Å²) in [7, 11) is -5.68. The maximum atomic E-state index is 12.2. The van der Waals surface area contributed by atoms with Crippen molar-refractivity contribution in [3.63, 3.8) is 0 Å². The molecule has 0 aromatic carbocycles. The molecular weight excluding hydrogens is 492 g/mol. The fourth-order valence-electron chi connectivity index (χ4n) is 2.60. The second-order valence-corrected chi connectivity index (χ2v) is 11.8. The Bertz CT molecular complexity index is 495. The molecular formula is C14H30Cl4N4O4P2. The van der Waals surface area contributed by atoms with E-state index in [9.17, 15) is 9.13 Å². The number of hydrogen-bond acceptors (Lipinski definition) is 4. The van der Waals surface area contributed by atoms with Crippen molar-refractivity contribution < 1.29 is 18.2 Å². The first-order valence-corrected chi connectivity index (χ1v) is 14.5. The number of rotatable bonds is 10. The van der Waals surface area contributed by atoms with E-state index in [4.69, 9.17) is 55.5 Å². The highest BCUT2D eigenvalue weighted by molar-refractivity contribution is 7.54. The lowest BCUT2D eigenvalue weighted by Gasteiger charge is -2.34. The van der Waals surface area contributed by atoms with Crippen LogP contribution in [-0.4, -0.2) is 85.3 Å². The van der Waals surface area contributed by atoms with Crippen molar-refractivity contribution in [2.75, 3.05) is 76.0 Å². The minimum Gasteiger partial charge on any atom is -0.306 e. The molecule has 0 amide bonds. The van der Waals surface area contributed by atoms with E-state index < -0.39 is 15.3 Å². The quantitative estimate of drug-likeness (QED) is 0.332. The van der Waals surface area contributed by atoms with Gasteiger partial charge in [-0.1, -0.05) is 0 Å². The predicted octanol–water partition coefficient (Wildman–Crippen LogP) is 3.77. The van der Waals surface area contributed by atoms with E-state index in [1.165, 1.54) is 0 Å². The summed E-state index contributed by atoms with van der Waals surface area (Å²) in [5.41, 5.74) is 0. The highest BCUT2D eigenvalue weighted by Crippen LogP contribution is 2.49. The third kappa shape index (κ3) is 9.25. The Morgan fingerprint density at radius 1 is 0.964 bits per heavy atom. The molecule has 2 fully saturated rings. The minimum absolute atomic E-state index is 0.419. The normalized spacial score (nSPS) is 28.8. The van der Waals surface area contributed by atoms with E-state index in [0.717, 1.165) is 25.9 Å². The minimum atomic E-state index is -2.84. The zero-order valence-corrected chi connectivity index (χ0v) is 20.6. The van der Waals surface area contributed by atoms with Crippen molar-refractivity contribution in [1.29, 1.82) is 0 Å². The van der Waals surface area contributed by atoms with E-state index in [-0.39, 0.29) is 0 Å². The molecule has 2 unspecified atom stereocenters. The molecule has 2 saturated heterocycles. The van der Waals surface area contributed by atoms with Crippen LogP contribution < -0.4 is 10.2 Å². The fraction of sp³-hybridized carbons (Fsp3) is 1.00. The van der Waals surface area contributed by atoms with Gasteiger partial charge in [0.05, 0.1) is 13.2 Å². The molecule has 0 radical (unpaired) electrons. The lowest BCUT2D eigenvalue weighted by Crippen LogP contribution is -2.36. The molecule has 0 aromatic rings. The van der Waals surface area contributed by atoms with E-state index in [2.05, 4.69) is 10.2 Å². The topological polar surface area (TPSA) is 83.1 Å². The third-order valence-electron chi connectivity index (χ3n) is 3.90. The highest BCUT2D eigenvalue weighted by atomic mass is 35.5. The van der Waals surface area contributed by atoms with Gasteiger partial charge < -0.3 is 9.05 Å². The second kappa shape index (κ2) is 15.2. The molecule has 2 heterocycles. The SMILES string of the molecule is O=P1(N(CCCl)CCCl)NCCCO1.O=P1(NCCCl)OCCCN1CCCl. The van der Waals surface area contributed by atoms with Crippen LogP contribution in [0.5, 0.6) is 0 Å². The van der Waals surface area contributed by atoms with Gasteiger partial charge in [0.2, 0.25) is 0 Å². The lowest BCUT2D eigenvalue weighted by atomic mass is 10.4. The van der Waals surface area contributed by atoms with Crippen molar-refractivity contribution in [3.05, 3.63) is 0 Å². The Morgan fingerprint density at radius 3 is 2.18 bits per heavy atom. The first-order valence-electron chi connectivity index (χ1n) is 9.20. The zero-order chi connectivity index (χ0) is 20.9.